The minimum Gasteiger partial charge on any atom is -0.479 e. The average molecular weight is 1080 g/mol. The van der Waals surface area contributed by atoms with E-state index in [9.17, 15) is 34.5 Å². The molecule has 3 N–H and O–H groups in total. The van der Waals surface area contributed by atoms with Gasteiger partial charge in [-0.25, -0.2) is 4.79 Å². The Hall–Kier alpha value is -4.36. The summed E-state index contributed by atoms with van der Waals surface area (Å²) in [5, 5.41) is 31.5. The van der Waals surface area contributed by atoms with Crippen molar-refractivity contribution in [2.24, 2.45) is 0 Å². The molecule has 0 radical (unpaired) electrons. The maximum Gasteiger partial charge on any atom is 0.335 e. The molecule has 12 nitrogen and oxygen atoms in total. The van der Waals surface area contributed by atoms with Crippen LogP contribution in [0.1, 0.15) is 239 Å². The second-order valence-electron chi connectivity index (χ2n) is 20.2. The first-order valence-corrected chi connectivity index (χ1v) is 30.2. The molecule has 0 spiro atoms. The van der Waals surface area contributed by atoms with Crippen LogP contribution in [0, 0.1) is 0 Å². The molecular weight excluding hydrogens is 973 g/mol. The molecule has 1 fully saturated rings. The molecule has 1 aliphatic heterocycles. The Morgan fingerprint density at radius 2 is 0.844 bits per heavy atom. The second-order valence-corrected chi connectivity index (χ2v) is 20.2. The monoisotopic (exact) mass is 1080 g/mol. The minimum absolute atomic E-state index is 0.0339. The largest absolute Gasteiger partial charge is 0.479 e. The molecule has 1 aliphatic rings. The fourth-order valence-electron chi connectivity index (χ4n) is 8.50. The molecule has 0 aromatic rings. The van der Waals surface area contributed by atoms with Crippen LogP contribution in [0.4, 0.5) is 0 Å². The lowest BCUT2D eigenvalue weighted by molar-refractivity contribution is -0.301. The molecule has 0 saturated carbocycles. The van der Waals surface area contributed by atoms with E-state index in [-0.39, 0.29) is 25.9 Å². The number of unbranched alkanes of at least 4 members (excludes halogenated alkanes) is 20. The van der Waals surface area contributed by atoms with E-state index < -0.39 is 67.3 Å². The van der Waals surface area contributed by atoms with Crippen LogP contribution in [0.15, 0.2) is 97.2 Å². The number of carboxylic acid groups (broad SMARTS) is 1. The van der Waals surface area contributed by atoms with E-state index in [1.165, 1.54) is 64.2 Å². The number of carbonyl (C=O) groups is 4. The molecular formula is C65H106O12. The fourth-order valence-corrected chi connectivity index (χ4v) is 8.50. The van der Waals surface area contributed by atoms with Crippen molar-refractivity contribution in [3.05, 3.63) is 97.2 Å². The molecule has 0 aliphatic carbocycles. The van der Waals surface area contributed by atoms with E-state index in [0.29, 0.717) is 25.7 Å². The van der Waals surface area contributed by atoms with Crippen molar-refractivity contribution in [3.63, 3.8) is 0 Å². The maximum atomic E-state index is 13.1. The number of carbonyl (C=O) groups excluding carboxylic acids is 3. The minimum atomic E-state index is -1.92. The zero-order chi connectivity index (χ0) is 56.1. The fraction of sp³-hybridized carbons (Fsp3) is 0.692. The first kappa shape index (κ1) is 70.7. The Labute approximate surface area is 466 Å². The van der Waals surface area contributed by atoms with Crippen LogP contribution in [0.2, 0.25) is 0 Å². The van der Waals surface area contributed by atoms with Crippen molar-refractivity contribution < 1.29 is 58.2 Å². The van der Waals surface area contributed by atoms with E-state index in [0.717, 1.165) is 109 Å². The van der Waals surface area contributed by atoms with E-state index in [2.05, 4.69) is 106 Å². The molecule has 1 heterocycles. The molecule has 77 heavy (non-hydrogen) atoms. The predicted molar refractivity (Wildman–Crippen MR) is 312 cm³/mol. The van der Waals surface area contributed by atoms with Crippen LogP contribution in [0.5, 0.6) is 0 Å². The summed E-state index contributed by atoms with van der Waals surface area (Å²) in [6.07, 6.45) is 56.8. The molecule has 0 aromatic carbocycles. The van der Waals surface area contributed by atoms with Gasteiger partial charge in [-0.15, -0.1) is 0 Å². The topological polar surface area (TPSA) is 175 Å². The number of allylic oxidation sites excluding steroid dienone is 16. The van der Waals surface area contributed by atoms with Crippen LogP contribution < -0.4 is 0 Å². The van der Waals surface area contributed by atoms with Crippen LogP contribution in [-0.2, 0) is 42.9 Å². The third-order valence-corrected chi connectivity index (χ3v) is 13.1. The number of rotatable bonds is 50. The molecule has 0 amide bonds. The van der Waals surface area contributed by atoms with Crippen molar-refractivity contribution in [2.75, 3.05) is 13.2 Å². The van der Waals surface area contributed by atoms with Gasteiger partial charge in [0.15, 0.2) is 24.6 Å². The Bertz CT molecular complexity index is 1710. The maximum absolute atomic E-state index is 13.1. The number of hydrogen-bond donors (Lipinski definition) is 3. The Morgan fingerprint density at radius 3 is 1.34 bits per heavy atom. The van der Waals surface area contributed by atoms with Crippen molar-refractivity contribution >= 4 is 23.9 Å². The van der Waals surface area contributed by atoms with Crippen LogP contribution in [0.25, 0.3) is 0 Å². The molecule has 1 rings (SSSR count). The summed E-state index contributed by atoms with van der Waals surface area (Å²) in [7, 11) is 0. The lowest BCUT2D eigenvalue weighted by Gasteiger charge is -2.40. The van der Waals surface area contributed by atoms with Gasteiger partial charge in [0.25, 0.3) is 0 Å². The summed E-state index contributed by atoms with van der Waals surface area (Å²) in [6, 6.07) is 0. The third-order valence-electron chi connectivity index (χ3n) is 13.1. The van der Waals surface area contributed by atoms with E-state index in [4.69, 9.17) is 23.7 Å². The number of aliphatic hydroxyl groups is 2. The lowest BCUT2D eigenvalue weighted by Crippen LogP contribution is -2.61. The van der Waals surface area contributed by atoms with Gasteiger partial charge in [-0.05, 0) is 109 Å². The van der Waals surface area contributed by atoms with Gasteiger partial charge in [-0.2, -0.15) is 0 Å². The van der Waals surface area contributed by atoms with Crippen molar-refractivity contribution in [2.45, 2.75) is 276 Å². The highest BCUT2D eigenvalue weighted by Gasteiger charge is 2.50. The molecule has 0 aromatic heterocycles. The third kappa shape index (κ3) is 42.3. The molecule has 0 bridgehead atoms. The summed E-state index contributed by atoms with van der Waals surface area (Å²) < 4.78 is 28.3. The van der Waals surface area contributed by atoms with Crippen LogP contribution in [0.3, 0.4) is 0 Å². The zero-order valence-corrected chi connectivity index (χ0v) is 48.2. The highest BCUT2D eigenvalue weighted by atomic mass is 16.7. The molecule has 12 heteroatoms. The van der Waals surface area contributed by atoms with Crippen molar-refractivity contribution in [3.8, 4) is 0 Å². The van der Waals surface area contributed by atoms with Gasteiger partial charge in [0.2, 0.25) is 0 Å². The quantitative estimate of drug-likeness (QED) is 0.0228. The van der Waals surface area contributed by atoms with E-state index >= 15 is 0 Å². The average Bonchev–Trinajstić information content (AvgIpc) is 3.42. The Kier molecular flexibility index (Phi) is 48.0. The first-order chi connectivity index (χ1) is 37.6. The number of carboxylic acids is 1. The van der Waals surface area contributed by atoms with Crippen LogP contribution in [-0.4, -0.2) is 89.2 Å². The summed E-state index contributed by atoms with van der Waals surface area (Å²) in [4.78, 5) is 51.1. The number of hydrogen-bond acceptors (Lipinski definition) is 11. The van der Waals surface area contributed by atoms with Gasteiger partial charge in [0.05, 0.1) is 6.61 Å². The number of aliphatic carboxylic acids is 1. The second kappa shape index (κ2) is 52.3. The zero-order valence-electron chi connectivity index (χ0n) is 48.2. The van der Waals surface area contributed by atoms with Gasteiger partial charge in [-0.1, -0.05) is 208 Å². The SMILES string of the molecule is CC/C=C\C/C=C\C/C=C\C/C=C\CCC(=O)OC(COC(=O)CCCCCCCC/C=C\C/C=C\C/C=C\CCCCC)COC1OC(C(=O)O)C(O)C(O)C1OC(=O)CCCCCCC/C=C\CCCCCCCC. The Balaban J connectivity index is 2.72. The standard InChI is InChI=1S/C65H106O12/c1-4-7-10-13-16-19-22-25-27-28-29-30-32-34-36-39-42-45-48-51-57(66)73-54-56(75-58(67)52-49-46-43-40-37-33-24-21-18-15-12-9-6-3)55-74-65-63(61(70)60(69)62(77-65)64(71)72)76-59(68)53-50-47-44-41-38-35-31-26-23-20-17-14-11-8-5-2/h9,12,16,18-19,21,25-27,29-31,33,37,43,46,56,60-63,65,69-70H,4-8,10-11,13-15,17,20,22-24,28,32,34-36,38-42,44-45,47-55H2,1-3H3,(H,71,72)/b12-9-,19-16-,21-18-,27-25-,30-29-,31-26-,37-33-,46-43-. The summed E-state index contributed by atoms with van der Waals surface area (Å²) in [5.74, 6) is -3.26. The van der Waals surface area contributed by atoms with Gasteiger partial charge in [0, 0.05) is 19.3 Å². The number of esters is 3. The summed E-state index contributed by atoms with van der Waals surface area (Å²) in [5.41, 5.74) is 0. The summed E-state index contributed by atoms with van der Waals surface area (Å²) in [6.45, 7) is 5.76. The molecule has 438 valence electrons. The van der Waals surface area contributed by atoms with Crippen molar-refractivity contribution in [1.29, 1.82) is 0 Å². The smallest absolute Gasteiger partial charge is 0.335 e. The van der Waals surface area contributed by atoms with E-state index in [1.807, 2.05) is 12.2 Å². The van der Waals surface area contributed by atoms with Gasteiger partial charge < -0.3 is 39.0 Å². The number of aliphatic hydroxyl groups excluding tert-OH is 2. The van der Waals surface area contributed by atoms with Crippen molar-refractivity contribution in [1.82, 2.24) is 0 Å². The van der Waals surface area contributed by atoms with E-state index in [1.54, 1.807) is 0 Å². The highest BCUT2D eigenvalue weighted by molar-refractivity contribution is 5.74. The predicted octanol–water partition coefficient (Wildman–Crippen LogP) is 15.7. The first-order valence-electron chi connectivity index (χ1n) is 30.2. The van der Waals surface area contributed by atoms with Gasteiger partial charge in [0.1, 0.15) is 18.8 Å². The lowest BCUT2D eigenvalue weighted by atomic mass is 9.98. The molecule has 6 unspecified atom stereocenters. The molecule has 6 atom stereocenters. The normalized spacial score (nSPS) is 18.7. The highest BCUT2D eigenvalue weighted by Crippen LogP contribution is 2.26. The Morgan fingerprint density at radius 1 is 0.442 bits per heavy atom. The summed E-state index contributed by atoms with van der Waals surface area (Å²) >= 11 is 0. The van der Waals surface area contributed by atoms with Crippen LogP contribution >= 0.6 is 0 Å². The van der Waals surface area contributed by atoms with Gasteiger partial charge in [-0.3, -0.25) is 14.4 Å². The number of ether oxygens (including phenoxy) is 5. The molecule has 1 saturated heterocycles. The van der Waals surface area contributed by atoms with Gasteiger partial charge >= 0.3 is 23.9 Å².